The maximum absolute atomic E-state index is 12.2. The molecule has 0 bridgehead atoms. The summed E-state index contributed by atoms with van der Waals surface area (Å²) in [7, 11) is 0. The molecule has 3 rings (SSSR count). The summed E-state index contributed by atoms with van der Waals surface area (Å²) in [5, 5.41) is 17.9. The Bertz CT molecular complexity index is 926. The predicted molar refractivity (Wildman–Crippen MR) is 89.3 cm³/mol. The molecule has 124 valence electrons. The van der Waals surface area contributed by atoms with Crippen molar-refractivity contribution in [2.75, 3.05) is 11.9 Å². The number of anilines is 1. The Balaban J connectivity index is 2.04. The largest absolute Gasteiger partial charge is 0.477 e. The van der Waals surface area contributed by atoms with E-state index in [9.17, 15) is 14.4 Å². The number of ether oxygens (including phenoxy) is 1. The summed E-state index contributed by atoms with van der Waals surface area (Å²) in [5.74, 6) is -1.40. The normalized spacial score (nSPS) is 10.7. The molecule has 0 saturated carbocycles. The van der Waals surface area contributed by atoms with Gasteiger partial charge in [0.2, 0.25) is 0 Å². The van der Waals surface area contributed by atoms with Gasteiger partial charge < -0.3 is 15.2 Å². The number of thiophene rings is 2. The van der Waals surface area contributed by atoms with Crippen LogP contribution in [0.2, 0.25) is 0 Å². The second-order valence-electron chi connectivity index (χ2n) is 4.53. The number of carbonyl (C=O) groups excluding carboxylic acids is 2. The van der Waals surface area contributed by atoms with Crippen LogP contribution in [0.5, 0.6) is 0 Å². The number of nitrogens with one attached hydrogen (secondary N) is 1. The smallest absolute Gasteiger partial charge is 0.436 e. The van der Waals surface area contributed by atoms with Gasteiger partial charge in [0, 0.05) is 0 Å². The van der Waals surface area contributed by atoms with Crippen molar-refractivity contribution in [1.82, 2.24) is 9.78 Å². The van der Waals surface area contributed by atoms with Crippen molar-refractivity contribution >= 4 is 56.7 Å². The van der Waals surface area contributed by atoms with E-state index in [2.05, 4.69) is 10.4 Å². The first kappa shape index (κ1) is 16.1. The molecule has 0 aliphatic rings. The van der Waals surface area contributed by atoms with Gasteiger partial charge in [-0.15, -0.1) is 27.8 Å². The summed E-state index contributed by atoms with van der Waals surface area (Å²) in [6.07, 6.45) is -0.738. The molecule has 0 fully saturated rings. The van der Waals surface area contributed by atoms with Gasteiger partial charge in [-0.2, -0.15) is 4.68 Å². The molecule has 0 aliphatic heterocycles. The molecule has 8 nitrogen and oxygen atoms in total. The number of aromatic carboxylic acids is 1. The number of aromatic nitrogens is 2. The summed E-state index contributed by atoms with van der Waals surface area (Å²) < 4.78 is 5.86. The van der Waals surface area contributed by atoms with E-state index in [0.29, 0.717) is 15.1 Å². The molecule has 0 unspecified atom stereocenters. The van der Waals surface area contributed by atoms with E-state index in [1.165, 1.54) is 17.4 Å². The SMILES string of the molecule is CCOC(=O)n1nc(NC(=O)c2cccs2)c2cc(C(=O)O)sc21. The van der Waals surface area contributed by atoms with Gasteiger partial charge in [0.1, 0.15) is 9.71 Å². The van der Waals surface area contributed by atoms with Crippen LogP contribution < -0.4 is 5.32 Å². The first-order valence-electron chi connectivity index (χ1n) is 6.79. The van der Waals surface area contributed by atoms with E-state index in [0.717, 1.165) is 16.0 Å². The number of carboxylic acids is 1. The molecule has 1 amide bonds. The highest BCUT2D eigenvalue weighted by Crippen LogP contribution is 2.32. The molecule has 0 spiro atoms. The van der Waals surface area contributed by atoms with Crippen LogP contribution in [0.1, 0.15) is 26.3 Å². The zero-order chi connectivity index (χ0) is 17.3. The summed E-state index contributed by atoms with van der Waals surface area (Å²) in [5.41, 5.74) is 0. The van der Waals surface area contributed by atoms with E-state index >= 15 is 0 Å². The summed E-state index contributed by atoms with van der Waals surface area (Å²) in [4.78, 5) is 36.2. The topological polar surface area (TPSA) is 111 Å². The van der Waals surface area contributed by atoms with Crippen molar-refractivity contribution < 1.29 is 24.2 Å². The van der Waals surface area contributed by atoms with Crippen LogP contribution in [0.3, 0.4) is 0 Å². The number of fused-ring (bicyclic) bond motifs is 1. The van der Waals surface area contributed by atoms with Gasteiger partial charge in [-0.25, -0.2) is 9.59 Å². The third-order valence-corrected chi connectivity index (χ3v) is 4.96. The van der Waals surface area contributed by atoms with Gasteiger partial charge in [0.25, 0.3) is 5.91 Å². The van der Waals surface area contributed by atoms with E-state index < -0.39 is 12.1 Å². The van der Waals surface area contributed by atoms with Crippen molar-refractivity contribution in [2.45, 2.75) is 6.92 Å². The number of hydrogen-bond acceptors (Lipinski definition) is 7. The zero-order valence-corrected chi connectivity index (χ0v) is 13.9. The first-order chi connectivity index (χ1) is 11.5. The van der Waals surface area contributed by atoms with Crippen LogP contribution >= 0.6 is 22.7 Å². The second-order valence-corrected chi connectivity index (χ2v) is 6.50. The molecule has 0 aromatic carbocycles. The number of rotatable bonds is 4. The first-order valence-corrected chi connectivity index (χ1v) is 8.48. The van der Waals surface area contributed by atoms with Gasteiger partial charge in [-0.3, -0.25) is 4.79 Å². The molecule has 0 saturated heterocycles. The monoisotopic (exact) mass is 365 g/mol. The minimum atomic E-state index is -1.12. The molecule has 2 N–H and O–H groups in total. The third kappa shape index (κ3) is 2.88. The fourth-order valence-electron chi connectivity index (χ4n) is 1.99. The Morgan fingerprint density at radius 2 is 2.17 bits per heavy atom. The summed E-state index contributed by atoms with van der Waals surface area (Å²) in [6, 6.07) is 4.75. The van der Waals surface area contributed by atoms with E-state index in [1.54, 1.807) is 24.4 Å². The maximum atomic E-state index is 12.2. The average Bonchev–Trinajstić information content (AvgIpc) is 3.24. The van der Waals surface area contributed by atoms with Crippen LogP contribution in [-0.2, 0) is 4.74 Å². The molecule has 24 heavy (non-hydrogen) atoms. The molecule has 0 radical (unpaired) electrons. The molecule has 0 aliphatic carbocycles. The Kier molecular flexibility index (Phi) is 4.32. The Hall–Kier alpha value is -2.72. The fraction of sp³-hybridized carbons (Fsp3) is 0.143. The number of carboxylic acid groups (broad SMARTS) is 1. The highest BCUT2D eigenvalue weighted by Gasteiger charge is 2.23. The van der Waals surface area contributed by atoms with Crippen LogP contribution in [0.4, 0.5) is 10.6 Å². The third-order valence-electron chi connectivity index (χ3n) is 2.99. The fourth-order valence-corrected chi connectivity index (χ4v) is 3.55. The molecule has 3 aromatic rings. The van der Waals surface area contributed by atoms with Crippen molar-refractivity contribution in [2.24, 2.45) is 0 Å². The zero-order valence-electron chi connectivity index (χ0n) is 12.3. The molecular weight excluding hydrogens is 354 g/mol. The van der Waals surface area contributed by atoms with E-state index in [-0.39, 0.29) is 23.2 Å². The molecule has 3 aromatic heterocycles. The van der Waals surface area contributed by atoms with Crippen molar-refractivity contribution in [3.63, 3.8) is 0 Å². The van der Waals surface area contributed by atoms with Crippen molar-refractivity contribution in [1.29, 1.82) is 0 Å². The van der Waals surface area contributed by atoms with Crippen LogP contribution in [0, 0.1) is 0 Å². The average molecular weight is 365 g/mol. The van der Waals surface area contributed by atoms with Gasteiger partial charge >= 0.3 is 12.1 Å². The molecule has 0 atom stereocenters. The van der Waals surface area contributed by atoms with Crippen molar-refractivity contribution in [3.8, 4) is 0 Å². The minimum Gasteiger partial charge on any atom is -0.477 e. The molecule has 10 heteroatoms. The quantitative estimate of drug-likeness (QED) is 0.735. The number of carbonyl (C=O) groups is 3. The number of hydrogen-bond donors (Lipinski definition) is 2. The lowest BCUT2D eigenvalue weighted by atomic mass is 10.3. The maximum Gasteiger partial charge on any atom is 0.436 e. The van der Waals surface area contributed by atoms with Gasteiger partial charge in [0.05, 0.1) is 16.9 Å². The number of amides is 1. The highest BCUT2D eigenvalue weighted by atomic mass is 32.1. The summed E-state index contributed by atoms with van der Waals surface area (Å²) in [6.45, 7) is 1.80. The van der Waals surface area contributed by atoms with Crippen LogP contribution in [-0.4, -0.2) is 39.5 Å². The Morgan fingerprint density at radius 3 is 2.79 bits per heavy atom. The highest BCUT2D eigenvalue weighted by molar-refractivity contribution is 7.20. The number of nitrogens with zero attached hydrogens (tertiary/aromatic N) is 2. The van der Waals surface area contributed by atoms with Gasteiger partial charge in [0.15, 0.2) is 5.82 Å². The Morgan fingerprint density at radius 1 is 1.38 bits per heavy atom. The summed E-state index contributed by atoms with van der Waals surface area (Å²) >= 11 is 2.14. The lowest BCUT2D eigenvalue weighted by Gasteiger charge is -2.01. The van der Waals surface area contributed by atoms with E-state index in [4.69, 9.17) is 9.84 Å². The minimum absolute atomic E-state index is 0.0343. The van der Waals surface area contributed by atoms with Crippen LogP contribution in [0.15, 0.2) is 23.6 Å². The second kappa shape index (κ2) is 6.42. The van der Waals surface area contributed by atoms with Gasteiger partial charge in [-0.05, 0) is 24.4 Å². The molecule has 3 heterocycles. The standard InChI is InChI=1S/C14H11N3O5S2/c1-2-22-14(21)17-12-7(6-9(24-12)13(19)20)10(16-17)15-11(18)8-4-3-5-23-8/h3-6H,2H2,1H3,(H,19,20)(H,15,16,18). The Labute approximate surface area is 143 Å². The lowest BCUT2D eigenvalue weighted by molar-refractivity contribution is 0.0702. The lowest BCUT2D eigenvalue weighted by Crippen LogP contribution is -2.16. The van der Waals surface area contributed by atoms with Gasteiger partial charge in [-0.1, -0.05) is 6.07 Å². The van der Waals surface area contributed by atoms with Crippen LogP contribution in [0.25, 0.3) is 10.2 Å². The van der Waals surface area contributed by atoms with Crippen molar-refractivity contribution in [3.05, 3.63) is 33.3 Å². The predicted octanol–water partition coefficient (Wildman–Crippen LogP) is 3.11. The van der Waals surface area contributed by atoms with E-state index in [1.807, 2.05) is 0 Å². The molecular formula is C14H11N3O5S2.